The molecule has 33 heavy (non-hydrogen) atoms. The van der Waals surface area contributed by atoms with Crippen molar-refractivity contribution >= 4 is 29.5 Å². The number of methoxy groups -OCH3 is 1. The van der Waals surface area contributed by atoms with Crippen LogP contribution in [-0.2, 0) is 9.59 Å². The van der Waals surface area contributed by atoms with Gasteiger partial charge < -0.3 is 14.7 Å². The van der Waals surface area contributed by atoms with E-state index >= 15 is 0 Å². The fourth-order valence-electron chi connectivity index (χ4n) is 5.07. The highest BCUT2D eigenvalue weighted by Gasteiger charge is 2.39. The smallest absolute Gasteiger partial charge is 0.328 e. The number of hydrogen-bond donors (Lipinski definition) is 2. The number of benzene rings is 1. The van der Waals surface area contributed by atoms with Crippen molar-refractivity contribution in [3.63, 3.8) is 0 Å². The van der Waals surface area contributed by atoms with Crippen molar-refractivity contribution in [3.05, 3.63) is 23.8 Å². The number of imide groups is 1. The fraction of sp³-hybridized carbons (Fsp3) is 0.565. The molecule has 0 atom stereocenters. The maximum atomic E-state index is 13.3. The number of piperidine rings is 2. The summed E-state index contributed by atoms with van der Waals surface area (Å²) >= 11 is 0. The number of ether oxygens (including phenoxy) is 1. The highest BCUT2D eigenvalue weighted by atomic mass is 16.5. The molecule has 1 aromatic rings. The quantitative estimate of drug-likeness (QED) is 0.687. The average molecular weight is 459 g/mol. The van der Waals surface area contributed by atoms with Crippen LogP contribution in [0.3, 0.4) is 0 Å². The molecular formula is C23H30N4O6. The third kappa shape index (κ3) is 4.95. The van der Waals surface area contributed by atoms with Crippen LogP contribution in [0.15, 0.2) is 18.2 Å². The molecule has 2 N–H and O–H groups in total. The van der Waals surface area contributed by atoms with Gasteiger partial charge in [-0.1, -0.05) is 0 Å². The van der Waals surface area contributed by atoms with Crippen LogP contribution in [0.25, 0.3) is 0 Å². The molecule has 1 spiro atoms. The van der Waals surface area contributed by atoms with Crippen LogP contribution < -0.4 is 15.0 Å². The van der Waals surface area contributed by atoms with Crippen molar-refractivity contribution < 1.29 is 29.0 Å². The average Bonchev–Trinajstić information content (AvgIpc) is 2.80. The molecule has 0 radical (unpaired) electrons. The van der Waals surface area contributed by atoms with E-state index in [1.807, 2.05) is 9.80 Å². The zero-order chi connectivity index (χ0) is 23.6. The molecular weight excluding hydrogens is 428 g/mol. The number of carboxylic acids is 1. The van der Waals surface area contributed by atoms with Gasteiger partial charge in [0, 0.05) is 31.6 Å². The van der Waals surface area contributed by atoms with Crippen LogP contribution in [0.5, 0.6) is 5.75 Å². The van der Waals surface area contributed by atoms with Crippen LogP contribution >= 0.6 is 0 Å². The Morgan fingerprint density at radius 2 is 1.73 bits per heavy atom. The van der Waals surface area contributed by atoms with E-state index in [4.69, 9.17) is 9.84 Å². The number of nitrogens with zero attached hydrogens (tertiary/aromatic N) is 3. The lowest BCUT2D eigenvalue weighted by atomic mass is 9.71. The summed E-state index contributed by atoms with van der Waals surface area (Å²) in [5.41, 5.74) is 1.12. The number of urea groups is 1. The minimum Gasteiger partial charge on any atom is -0.495 e. The van der Waals surface area contributed by atoms with E-state index in [9.17, 15) is 19.2 Å². The second-order valence-electron chi connectivity index (χ2n) is 9.10. The number of likely N-dealkylation sites (tertiary alicyclic amines) is 2. The second-order valence-corrected chi connectivity index (χ2v) is 9.10. The summed E-state index contributed by atoms with van der Waals surface area (Å²) in [5, 5.41) is 11.3. The Morgan fingerprint density at radius 3 is 2.33 bits per heavy atom. The van der Waals surface area contributed by atoms with E-state index in [0.717, 1.165) is 38.8 Å². The molecule has 0 unspecified atom stereocenters. The molecule has 3 fully saturated rings. The molecule has 0 bridgehead atoms. The monoisotopic (exact) mass is 458 g/mol. The molecule has 3 heterocycles. The maximum absolute atomic E-state index is 13.3. The maximum Gasteiger partial charge on any atom is 0.328 e. The summed E-state index contributed by atoms with van der Waals surface area (Å²) in [7, 11) is 1.50. The third-order valence-corrected chi connectivity index (χ3v) is 7.16. The number of anilines is 1. The highest BCUT2D eigenvalue weighted by molar-refractivity contribution is 6.07. The normalized spacial score (nSPS) is 21.1. The van der Waals surface area contributed by atoms with Crippen molar-refractivity contribution in [2.75, 3.05) is 51.3 Å². The van der Waals surface area contributed by atoms with E-state index in [2.05, 4.69) is 5.32 Å². The van der Waals surface area contributed by atoms with Gasteiger partial charge in [0.2, 0.25) is 5.91 Å². The number of carboxylic acid groups (broad SMARTS) is 1. The van der Waals surface area contributed by atoms with Gasteiger partial charge in [-0.3, -0.25) is 29.5 Å². The van der Waals surface area contributed by atoms with Gasteiger partial charge in [0.25, 0.3) is 5.91 Å². The van der Waals surface area contributed by atoms with Gasteiger partial charge in [-0.15, -0.1) is 0 Å². The molecule has 0 aliphatic carbocycles. The van der Waals surface area contributed by atoms with Crippen LogP contribution in [0.4, 0.5) is 10.5 Å². The number of aliphatic carboxylic acids is 1. The first-order valence-corrected chi connectivity index (χ1v) is 11.3. The SMILES string of the molecule is COc1ccc(C(=O)N2CCC3(CCN(CC(=O)O)CC3)CC2)cc1N1CCC(=O)NC1=O. The Bertz CT molecular complexity index is 946. The predicted molar refractivity (Wildman–Crippen MR) is 119 cm³/mol. The molecule has 10 heteroatoms. The Hall–Kier alpha value is -3.14. The van der Waals surface area contributed by atoms with Crippen molar-refractivity contribution in [2.24, 2.45) is 5.41 Å². The summed E-state index contributed by atoms with van der Waals surface area (Å²) in [5.74, 6) is -0.746. The van der Waals surface area contributed by atoms with Crippen LogP contribution in [0.2, 0.25) is 0 Å². The molecule has 178 valence electrons. The van der Waals surface area contributed by atoms with Crippen molar-refractivity contribution in [1.29, 1.82) is 0 Å². The first kappa shape index (κ1) is 23.0. The summed E-state index contributed by atoms with van der Waals surface area (Å²) in [6.07, 6.45) is 3.90. The van der Waals surface area contributed by atoms with Crippen molar-refractivity contribution in [1.82, 2.24) is 15.1 Å². The zero-order valence-electron chi connectivity index (χ0n) is 18.8. The Balaban J connectivity index is 1.41. The van der Waals surface area contributed by atoms with Gasteiger partial charge in [-0.25, -0.2) is 4.79 Å². The minimum absolute atomic E-state index is 0.0870. The molecule has 3 aliphatic rings. The molecule has 3 aliphatic heterocycles. The number of carbonyl (C=O) groups is 4. The topological polar surface area (TPSA) is 119 Å². The number of rotatable bonds is 5. The van der Waals surface area contributed by atoms with E-state index in [1.54, 1.807) is 18.2 Å². The van der Waals surface area contributed by atoms with Gasteiger partial charge in [0.15, 0.2) is 0 Å². The number of nitrogens with one attached hydrogen (secondary N) is 1. The van der Waals surface area contributed by atoms with Gasteiger partial charge in [-0.05, 0) is 62.4 Å². The van der Waals surface area contributed by atoms with Crippen molar-refractivity contribution in [2.45, 2.75) is 32.1 Å². The summed E-state index contributed by atoms with van der Waals surface area (Å²) < 4.78 is 5.39. The molecule has 10 nitrogen and oxygen atoms in total. The van der Waals surface area contributed by atoms with Crippen molar-refractivity contribution in [3.8, 4) is 5.75 Å². The number of carbonyl (C=O) groups excluding carboxylic acids is 3. The Labute approximate surface area is 192 Å². The molecule has 0 aromatic heterocycles. The summed E-state index contributed by atoms with van der Waals surface area (Å²) in [6.45, 7) is 3.17. The molecule has 1 aromatic carbocycles. The molecule has 4 amide bonds. The molecule has 0 saturated carbocycles. The minimum atomic E-state index is -0.793. The lowest BCUT2D eigenvalue weighted by Crippen LogP contribution is -2.50. The van der Waals surface area contributed by atoms with E-state index < -0.39 is 12.0 Å². The van der Waals surface area contributed by atoms with E-state index in [-0.39, 0.29) is 36.7 Å². The standard InChI is InChI=1S/C23H30N4O6/c1-33-18-3-2-16(14-17(18)27-9-4-19(28)24-22(27)32)21(31)26-12-7-23(8-13-26)5-10-25(11-6-23)15-20(29)30/h2-3,14H,4-13,15H2,1H3,(H,29,30)(H,24,28,32). The van der Waals surface area contributed by atoms with Gasteiger partial charge in [0.05, 0.1) is 19.3 Å². The van der Waals surface area contributed by atoms with Gasteiger partial charge >= 0.3 is 12.0 Å². The van der Waals surface area contributed by atoms with E-state index in [1.165, 1.54) is 12.0 Å². The Kier molecular flexibility index (Phi) is 6.55. The largest absolute Gasteiger partial charge is 0.495 e. The lowest BCUT2D eigenvalue weighted by molar-refractivity contribution is -0.139. The fourth-order valence-corrected chi connectivity index (χ4v) is 5.07. The first-order chi connectivity index (χ1) is 15.8. The number of hydrogen-bond acceptors (Lipinski definition) is 6. The van der Waals surface area contributed by atoms with Crippen LogP contribution in [0, 0.1) is 5.41 Å². The van der Waals surface area contributed by atoms with Gasteiger partial charge in [0.1, 0.15) is 5.75 Å². The Morgan fingerprint density at radius 1 is 1.06 bits per heavy atom. The predicted octanol–water partition coefficient (Wildman–Crippen LogP) is 1.54. The number of amides is 4. The van der Waals surface area contributed by atoms with Crippen LogP contribution in [-0.4, -0.2) is 85.1 Å². The van der Waals surface area contributed by atoms with Gasteiger partial charge in [-0.2, -0.15) is 0 Å². The summed E-state index contributed by atoms with van der Waals surface area (Å²) in [4.78, 5) is 53.3. The zero-order valence-corrected chi connectivity index (χ0v) is 18.8. The lowest BCUT2D eigenvalue weighted by Gasteiger charge is -2.46. The molecule has 3 saturated heterocycles. The first-order valence-electron chi connectivity index (χ1n) is 11.3. The molecule has 4 rings (SSSR count). The van der Waals surface area contributed by atoms with Crippen LogP contribution in [0.1, 0.15) is 42.5 Å². The van der Waals surface area contributed by atoms with E-state index in [0.29, 0.717) is 30.1 Å². The second kappa shape index (κ2) is 9.38. The third-order valence-electron chi connectivity index (χ3n) is 7.16. The highest BCUT2D eigenvalue weighted by Crippen LogP contribution is 2.41. The summed E-state index contributed by atoms with van der Waals surface area (Å²) in [6, 6.07) is 4.51.